The second-order valence-corrected chi connectivity index (χ2v) is 6.24. The van der Waals surface area contributed by atoms with Crippen molar-refractivity contribution < 1.29 is 14.7 Å². The van der Waals surface area contributed by atoms with E-state index >= 15 is 0 Å². The lowest BCUT2D eigenvalue weighted by molar-refractivity contribution is -0.148. The Morgan fingerprint density at radius 3 is 2.57 bits per heavy atom. The zero-order valence-electron chi connectivity index (χ0n) is 11.6. The van der Waals surface area contributed by atoms with Crippen LogP contribution >= 0.6 is 15.9 Å². The van der Waals surface area contributed by atoms with Crippen molar-refractivity contribution in [3.63, 3.8) is 0 Å². The van der Waals surface area contributed by atoms with Crippen molar-refractivity contribution in [3.8, 4) is 0 Å². The maximum Gasteiger partial charge on any atom is 0.329 e. The van der Waals surface area contributed by atoms with Gasteiger partial charge >= 0.3 is 5.97 Å². The van der Waals surface area contributed by atoms with Crippen molar-refractivity contribution in [1.29, 1.82) is 0 Å². The van der Waals surface area contributed by atoms with Crippen LogP contribution in [0.2, 0.25) is 0 Å². The molecule has 4 nitrogen and oxygen atoms in total. The molecule has 1 aliphatic rings. The fourth-order valence-corrected chi connectivity index (χ4v) is 3.02. The van der Waals surface area contributed by atoms with Crippen molar-refractivity contribution in [2.45, 2.75) is 37.6 Å². The number of benzene rings is 1. The fourth-order valence-electron chi connectivity index (χ4n) is 2.61. The summed E-state index contributed by atoms with van der Waals surface area (Å²) in [6.07, 6.45) is 6.76. The number of hydrogen-bond donors (Lipinski definition) is 2. The van der Waals surface area contributed by atoms with Gasteiger partial charge in [0.25, 0.3) is 0 Å². The molecule has 1 amide bonds. The highest BCUT2D eigenvalue weighted by atomic mass is 79.9. The Kier molecular flexibility index (Phi) is 5.17. The number of rotatable bonds is 4. The highest BCUT2D eigenvalue weighted by molar-refractivity contribution is 9.10. The molecule has 1 aromatic rings. The van der Waals surface area contributed by atoms with E-state index in [9.17, 15) is 14.7 Å². The number of halogens is 1. The summed E-state index contributed by atoms with van der Waals surface area (Å²) in [6.45, 7) is 0. The Bertz CT molecular complexity index is 562. The molecule has 0 saturated heterocycles. The van der Waals surface area contributed by atoms with Gasteiger partial charge in [0.1, 0.15) is 5.54 Å². The van der Waals surface area contributed by atoms with Crippen LogP contribution in [0.5, 0.6) is 0 Å². The SMILES string of the molecule is O=C(/C=C/c1cccc(Br)c1)NC1(C(=O)O)CCCCC1. The average Bonchev–Trinajstić information content (AvgIpc) is 2.46. The molecule has 0 aromatic heterocycles. The average molecular weight is 352 g/mol. The summed E-state index contributed by atoms with van der Waals surface area (Å²) >= 11 is 3.36. The summed E-state index contributed by atoms with van der Waals surface area (Å²) in [6, 6.07) is 7.54. The lowest BCUT2D eigenvalue weighted by Gasteiger charge is -2.33. The fraction of sp³-hybridized carbons (Fsp3) is 0.375. The van der Waals surface area contributed by atoms with Gasteiger partial charge in [-0.2, -0.15) is 0 Å². The van der Waals surface area contributed by atoms with Crippen LogP contribution in [0.4, 0.5) is 0 Å². The first-order valence-corrected chi connectivity index (χ1v) is 7.80. The molecule has 0 spiro atoms. The largest absolute Gasteiger partial charge is 0.480 e. The standard InChI is InChI=1S/C16H18BrNO3/c17-13-6-4-5-12(11-13)7-8-14(19)18-16(15(20)21)9-2-1-3-10-16/h4-8,11H,1-3,9-10H2,(H,18,19)(H,20,21)/b8-7+. The second kappa shape index (κ2) is 6.89. The molecule has 1 aliphatic carbocycles. The number of amides is 1. The van der Waals surface area contributed by atoms with E-state index in [1.54, 1.807) is 6.08 Å². The number of carbonyl (C=O) groups is 2. The number of hydrogen-bond acceptors (Lipinski definition) is 2. The molecule has 1 fully saturated rings. The highest BCUT2D eigenvalue weighted by Gasteiger charge is 2.40. The van der Waals surface area contributed by atoms with Crippen LogP contribution in [-0.4, -0.2) is 22.5 Å². The van der Waals surface area contributed by atoms with E-state index < -0.39 is 11.5 Å². The van der Waals surface area contributed by atoms with Gasteiger partial charge in [0.05, 0.1) is 0 Å². The molecule has 0 aliphatic heterocycles. The zero-order chi connectivity index (χ0) is 15.3. The quantitative estimate of drug-likeness (QED) is 0.817. The molecule has 112 valence electrons. The Labute approximate surface area is 132 Å². The Balaban J connectivity index is 2.04. The number of carboxylic acid groups (broad SMARTS) is 1. The molecule has 1 aromatic carbocycles. The minimum absolute atomic E-state index is 0.362. The third kappa shape index (κ3) is 4.17. The van der Waals surface area contributed by atoms with Gasteiger partial charge in [-0.05, 0) is 36.6 Å². The molecule has 0 bridgehead atoms. The Morgan fingerprint density at radius 1 is 1.24 bits per heavy atom. The van der Waals surface area contributed by atoms with E-state index in [-0.39, 0.29) is 5.91 Å². The first kappa shape index (κ1) is 15.8. The third-order valence-electron chi connectivity index (χ3n) is 3.75. The maximum atomic E-state index is 12.0. The van der Waals surface area contributed by atoms with Gasteiger partial charge in [0.15, 0.2) is 0 Å². The molecule has 21 heavy (non-hydrogen) atoms. The van der Waals surface area contributed by atoms with Crippen LogP contribution in [0.25, 0.3) is 6.08 Å². The van der Waals surface area contributed by atoms with Gasteiger partial charge < -0.3 is 10.4 Å². The molecule has 0 heterocycles. The smallest absolute Gasteiger partial charge is 0.329 e. The van der Waals surface area contributed by atoms with Crippen molar-refractivity contribution >= 4 is 33.9 Å². The molecule has 5 heteroatoms. The summed E-state index contributed by atoms with van der Waals surface area (Å²) in [5.41, 5.74) is -0.218. The van der Waals surface area contributed by atoms with Gasteiger partial charge in [-0.1, -0.05) is 47.3 Å². The molecular formula is C16H18BrNO3. The summed E-state index contributed by atoms with van der Waals surface area (Å²) in [5.74, 6) is -1.30. The lowest BCUT2D eigenvalue weighted by atomic mass is 9.81. The van der Waals surface area contributed by atoms with Crippen LogP contribution in [0.15, 0.2) is 34.8 Å². The van der Waals surface area contributed by atoms with E-state index in [2.05, 4.69) is 21.2 Å². The minimum Gasteiger partial charge on any atom is -0.480 e. The van der Waals surface area contributed by atoms with E-state index in [4.69, 9.17) is 0 Å². The first-order valence-electron chi connectivity index (χ1n) is 7.01. The number of carboxylic acids is 1. The summed E-state index contributed by atoms with van der Waals surface area (Å²) in [7, 11) is 0. The molecule has 0 unspecified atom stereocenters. The van der Waals surface area contributed by atoms with Gasteiger partial charge in [-0.3, -0.25) is 4.79 Å². The monoisotopic (exact) mass is 351 g/mol. The van der Waals surface area contributed by atoms with Gasteiger partial charge in [-0.25, -0.2) is 4.79 Å². The molecule has 2 N–H and O–H groups in total. The molecule has 0 radical (unpaired) electrons. The minimum atomic E-state index is -1.10. The Hall–Kier alpha value is -1.62. The molecule has 1 saturated carbocycles. The third-order valence-corrected chi connectivity index (χ3v) is 4.25. The van der Waals surface area contributed by atoms with E-state index in [1.165, 1.54) is 6.08 Å². The molecule has 2 rings (SSSR count). The van der Waals surface area contributed by atoms with Gasteiger partial charge in [0.2, 0.25) is 5.91 Å². The predicted molar refractivity (Wildman–Crippen MR) is 84.8 cm³/mol. The van der Waals surface area contributed by atoms with Gasteiger partial charge in [0, 0.05) is 10.5 Å². The van der Waals surface area contributed by atoms with Crippen molar-refractivity contribution in [3.05, 3.63) is 40.4 Å². The van der Waals surface area contributed by atoms with Crippen LogP contribution in [-0.2, 0) is 9.59 Å². The van der Waals surface area contributed by atoms with Crippen LogP contribution in [0.3, 0.4) is 0 Å². The van der Waals surface area contributed by atoms with E-state index in [0.717, 1.165) is 29.3 Å². The number of carbonyl (C=O) groups excluding carboxylic acids is 1. The van der Waals surface area contributed by atoms with E-state index in [1.807, 2.05) is 24.3 Å². The predicted octanol–water partition coefficient (Wildman–Crippen LogP) is 3.37. The van der Waals surface area contributed by atoms with Crippen molar-refractivity contribution in [2.24, 2.45) is 0 Å². The van der Waals surface area contributed by atoms with Crippen molar-refractivity contribution in [1.82, 2.24) is 5.32 Å². The normalized spacial score (nSPS) is 17.6. The number of nitrogens with one attached hydrogen (secondary N) is 1. The topological polar surface area (TPSA) is 66.4 Å². The summed E-state index contributed by atoms with van der Waals surface area (Å²) in [5, 5.41) is 12.1. The molecule has 0 atom stereocenters. The maximum absolute atomic E-state index is 12.0. The van der Waals surface area contributed by atoms with Crippen LogP contribution in [0.1, 0.15) is 37.7 Å². The summed E-state index contributed by atoms with van der Waals surface area (Å²) in [4.78, 5) is 23.5. The summed E-state index contributed by atoms with van der Waals surface area (Å²) < 4.78 is 0.930. The molecular weight excluding hydrogens is 334 g/mol. The van der Waals surface area contributed by atoms with Crippen LogP contribution in [0, 0.1) is 0 Å². The lowest BCUT2D eigenvalue weighted by Crippen LogP contribution is -2.55. The first-order chi connectivity index (χ1) is 10.0. The second-order valence-electron chi connectivity index (χ2n) is 5.33. The van der Waals surface area contributed by atoms with Crippen molar-refractivity contribution in [2.75, 3.05) is 0 Å². The number of aliphatic carboxylic acids is 1. The van der Waals surface area contributed by atoms with E-state index in [0.29, 0.717) is 12.8 Å². The van der Waals surface area contributed by atoms with Crippen LogP contribution < -0.4 is 5.32 Å². The van der Waals surface area contributed by atoms with Gasteiger partial charge in [-0.15, -0.1) is 0 Å². The highest BCUT2D eigenvalue weighted by Crippen LogP contribution is 2.28. The zero-order valence-corrected chi connectivity index (χ0v) is 13.2. The Morgan fingerprint density at radius 2 is 1.95 bits per heavy atom.